The Kier molecular flexibility index (Phi) is 1.65. The van der Waals surface area contributed by atoms with Gasteiger partial charge in [0.1, 0.15) is 0 Å². The number of nitrogens with zero attached hydrogens (tertiary/aromatic N) is 3. The predicted octanol–water partition coefficient (Wildman–Crippen LogP) is 1.38. The number of nitrogens with one attached hydrogen (secondary N) is 1. The number of hydrogen-bond acceptors (Lipinski definition) is 4. The molecule has 0 spiro atoms. The lowest BCUT2D eigenvalue weighted by molar-refractivity contribution is 0.424. The van der Waals surface area contributed by atoms with Gasteiger partial charge in [-0.1, -0.05) is 5.16 Å². The van der Waals surface area contributed by atoms with E-state index in [1.807, 2.05) is 13.8 Å². The minimum absolute atomic E-state index is 0.472. The Bertz CT molecular complexity index is 429. The van der Waals surface area contributed by atoms with Crippen LogP contribution < -0.4 is 0 Å². The molecule has 2 aromatic rings. The van der Waals surface area contributed by atoms with Crippen molar-refractivity contribution in [2.45, 2.75) is 20.8 Å². The van der Waals surface area contributed by atoms with Crippen molar-refractivity contribution < 1.29 is 4.52 Å². The van der Waals surface area contributed by atoms with Crippen molar-refractivity contribution in [3.05, 3.63) is 17.1 Å². The number of aromatic nitrogens is 4. The van der Waals surface area contributed by atoms with E-state index < -0.39 is 0 Å². The molecular weight excluding hydrogens is 168 g/mol. The molecule has 2 aromatic heterocycles. The molecule has 0 atom stereocenters. The summed E-state index contributed by atoms with van der Waals surface area (Å²) < 4.78 is 5.00. The smallest absolute Gasteiger partial charge is 0.278 e. The first-order valence-electron chi connectivity index (χ1n) is 4.00. The largest absolute Gasteiger partial charge is 0.332 e. The van der Waals surface area contributed by atoms with Gasteiger partial charge in [-0.3, -0.25) is 5.10 Å². The molecule has 0 unspecified atom stereocenters. The fraction of sp³-hybridized carbons (Fsp3) is 0.375. The summed E-state index contributed by atoms with van der Waals surface area (Å²) in [5, 5.41) is 10.6. The maximum absolute atomic E-state index is 5.00. The van der Waals surface area contributed by atoms with Gasteiger partial charge in [0.2, 0.25) is 0 Å². The summed E-state index contributed by atoms with van der Waals surface area (Å²) in [6.45, 7) is 5.70. The Hall–Kier alpha value is -1.65. The molecule has 0 radical (unpaired) electrons. The van der Waals surface area contributed by atoms with Crippen molar-refractivity contribution in [1.29, 1.82) is 0 Å². The molecule has 5 heteroatoms. The van der Waals surface area contributed by atoms with Crippen LogP contribution in [-0.2, 0) is 0 Å². The van der Waals surface area contributed by atoms with Crippen molar-refractivity contribution in [2.24, 2.45) is 0 Å². The van der Waals surface area contributed by atoms with Crippen molar-refractivity contribution in [2.75, 3.05) is 0 Å². The maximum Gasteiger partial charge on any atom is 0.278 e. The number of rotatable bonds is 1. The molecule has 0 saturated heterocycles. The van der Waals surface area contributed by atoms with E-state index in [9.17, 15) is 0 Å². The second kappa shape index (κ2) is 2.69. The zero-order valence-corrected chi connectivity index (χ0v) is 7.75. The van der Waals surface area contributed by atoms with Crippen LogP contribution in [-0.4, -0.2) is 20.3 Å². The quantitative estimate of drug-likeness (QED) is 0.716. The van der Waals surface area contributed by atoms with Gasteiger partial charge < -0.3 is 4.52 Å². The Morgan fingerprint density at radius 2 is 2.00 bits per heavy atom. The topological polar surface area (TPSA) is 67.6 Å². The summed E-state index contributed by atoms with van der Waals surface area (Å²) in [7, 11) is 0. The van der Waals surface area contributed by atoms with E-state index in [1.165, 1.54) is 0 Å². The zero-order chi connectivity index (χ0) is 9.42. The molecule has 0 aliphatic carbocycles. The molecule has 1 N–H and O–H groups in total. The van der Waals surface area contributed by atoms with E-state index in [0.717, 1.165) is 17.0 Å². The van der Waals surface area contributed by atoms with E-state index in [-0.39, 0.29) is 0 Å². The third-order valence-electron chi connectivity index (χ3n) is 1.98. The van der Waals surface area contributed by atoms with Gasteiger partial charge in [0.05, 0.1) is 0 Å². The third kappa shape index (κ3) is 1.22. The molecule has 0 aliphatic rings. The van der Waals surface area contributed by atoms with Gasteiger partial charge in [0.15, 0.2) is 11.5 Å². The van der Waals surface area contributed by atoms with Crippen LogP contribution in [0.4, 0.5) is 0 Å². The van der Waals surface area contributed by atoms with Crippen LogP contribution in [0.25, 0.3) is 11.6 Å². The molecule has 0 aliphatic heterocycles. The van der Waals surface area contributed by atoms with Gasteiger partial charge in [-0.05, 0) is 20.8 Å². The summed E-state index contributed by atoms with van der Waals surface area (Å²) >= 11 is 0. The molecule has 0 amide bonds. The minimum Gasteiger partial charge on any atom is -0.332 e. The van der Waals surface area contributed by atoms with E-state index in [2.05, 4.69) is 20.3 Å². The molecule has 0 saturated carbocycles. The summed E-state index contributed by atoms with van der Waals surface area (Å²) in [5.41, 5.74) is 2.80. The van der Waals surface area contributed by atoms with Gasteiger partial charge in [-0.15, -0.1) is 0 Å². The van der Waals surface area contributed by atoms with Gasteiger partial charge >= 0.3 is 0 Å². The third-order valence-corrected chi connectivity index (χ3v) is 1.98. The molecule has 2 heterocycles. The Morgan fingerprint density at radius 3 is 2.46 bits per heavy atom. The highest BCUT2D eigenvalue weighted by Crippen LogP contribution is 2.20. The van der Waals surface area contributed by atoms with Crippen LogP contribution >= 0.6 is 0 Å². The van der Waals surface area contributed by atoms with Crippen LogP contribution in [0, 0.1) is 20.8 Å². The van der Waals surface area contributed by atoms with Crippen LogP contribution in [0.15, 0.2) is 4.52 Å². The van der Waals surface area contributed by atoms with E-state index in [4.69, 9.17) is 4.52 Å². The van der Waals surface area contributed by atoms with Crippen LogP contribution in [0.5, 0.6) is 0 Å². The highest BCUT2D eigenvalue weighted by Gasteiger charge is 2.13. The van der Waals surface area contributed by atoms with Crippen molar-refractivity contribution in [3.8, 4) is 11.6 Å². The minimum atomic E-state index is 0.472. The Morgan fingerprint density at radius 1 is 1.23 bits per heavy atom. The van der Waals surface area contributed by atoms with Crippen LogP contribution in [0.2, 0.25) is 0 Å². The fourth-order valence-corrected chi connectivity index (χ4v) is 1.09. The van der Waals surface area contributed by atoms with Crippen molar-refractivity contribution in [1.82, 2.24) is 20.3 Å². The van der Waals surface area contributed by atoms with Crippen LogP contribution in [0.1, 0.15) is 17.1 Å². The van der Waals surface area contributed by atoms with Crippen molar-refractivity contribution in [3.63, 3.8) is 0 Å². The van der Waals surface area contributed by atoms with Crippen molar-refractivity contribution >= 4 is 0 Å². The van der Waals surface area contributed by atoms with Gasteiger partial charge in [-0.25, -0.2) is 0 Å². The lowest BCUT2D eigenvalue weighted by Gasteiger charge is -1.88. The Labute approximate surface area is 75.2 Å². The number of H-pyrrole nitrogens is 1. The van der Waals surface area contributed by atoms with Crippen LogP contribution in [0.3, 0.4) is 0 Å². The molecule has 0 fully saturated rings. The van der Waals surface area contributed by atoms with E-state index in [1.54, 1.807) is 6.92 Å². The summed E-state index contributed by atoms with van der Waals surface area (Å²) in [5.74, 6) is 1.09. The first kappa shape index (κ1) is 7.97. The normalized spacial score (nSPS) is 10.7. The van der Waals surface area contributed by atoms with Gasteiger partial charge in [0, 0.05) is 11.3 Å². The number of hydrogen-bond donors (Lipinski definition) is 1. The molecule has 0 bridgehead atoms. The zero-order valence-electron chi connectivity index (χ0n) is 7.75. The lowest BCUT2D eigenvalue weighted by atomic mass is 10.2. The average molecular weight is 178 g/mol. The monoisotopic (exact) mass is 178 g/mol. The number of aryl methyl sites for hydroxylation is 2. The highest BCUT2D eigenvalue weighted by molar-refractivity contribution is 5.53. The maximum atomic E-state index is 5.00. The first-order chi connectivity index (χ1) is 6.18. The van der Waals surface area contributed by atoms with E-state index in [0.29, 0.717) is 11.7 Å². The predicted molar refractivity (Wildman–Crippen MR) is 46.1 cm³/mol. The molecule has 13 heavy (non-hydrogen) atoms. The molecule has 2 rings (SSSR count). The second-order valence-corrected chi connectivity index (χ2v) is 2.97. The lowest BCUT2D eigenvalue weighted by Crippen LogP contribution is -1.81. The van der Waals surface area contributed by atoms with Gasteiger partial charge in [-0.2, -0.15) is 10.1 Å². The summed E-state index contributed by atoms with van der Waals surface area (Å²) in [6, 6.07) is 0. The SMILES string of the molecule is Cc1noc(-c2n[nH]c(C)c2C)n1. The average Bonchev–Trinajstić information content (AvgIpc) is 2.62. The highest BCUT2D eigenvalue weighted by atomic mass is 16.5. The van der Waals surface area contributed by atoms with E-state index >= 15 is 0 Å². The fourth-order valence-electron chi connectivity index (χ4n) is 1.09. The second-order valence-electron chi connectivity index (χ2n) is 2.97. The molecule has 5 nitrogen and oxygen atoms in total. The molecule has 68 valence electrons. The van der Waals surface area contributed by atoms with Gasteiger partial charge in [0.25, 0.3) is 5.89 Å². The first-order valence-corrected chi connectivity index (χ1v) is 4.00. The molecular formula is C8H10N4O. The standard InChI is InChI=1S/C8H10N4O/c1-4-5(2)10-11-7(4)8-9-6(3)12-13-8/h1-3H3,(H,10,11). The summed E-state index contributed by atoms with van der Waals surface area (Å²) in [6.07, 6.45) is 0. The number of aromatic amines is 1. The molecule has 0 aromatic carbocycles. The Balaban J connectivity index is 2.52. The summed E-state index contributed by atoms with van der Waals surface area (Å²) in [4.78, 5) is 4.09.